The van der Waals surface area contributed by atoms with E-state index in [1.807, 2.05) is 0 Å². The minimum absolute atomic E-state index is 0.108. The summed E-state index contributed by atoms with van der Waals surface area (Å²) in [5.41, 5.74) is 6.03. The van der Waals surface area contributed by atoms with E-state index in [2.05, 4.69) is 4.90 Å². The van der Waals surface area contributed by atoms with E-state index in [0.29, 0.717) is 12.2 Å². The zero-order valence-corrected chi connectivity index (χ0v) is 11.7. The van der Waals surface area contributed by atoms with Gasteiger partial charge in [-0.15, -0.1) is 0 Å². The molecule has 6 heteroatoms. The van der Waals surface area contributed by atoms with Crippen molar-refractivity contribution in [3.8, 4) is 0 Å². The first kappa shape index (κ1) is 13.6. The Labute approximate surface area is 113 Å². The molecule has 1 aliphatic rings. The number of nitrogens with zero attached hydrogens (tertiary/aromatic N) is 1. The predicted molar refractivity (Wildman–Crippen MR) is 73.6 cm³/mol. The molecule has 4 nitrogen and oxygen atoms in total. The molecule has 100 valence electrons. The lowest BCUT2D eigenvalue weighted by Crippen LogP contribution is -2.26. The van der Waals surface area contributed by atoms with Crippen molar-refractivity contribution >= 4 is 27.1 Å². The highest BCUT2D eigenvalue weighted by Gasteiger charge is 2.20. The van der Waals surface area contributed by atoms with E-state index in [9.17, 15) is 8.42 Å². The monoisotopic (exact) mass is 288 g/mol. The Hall–Kier alpha value is -0.780. The number of hydrogen-bond donors (Lipinski definition) is 1. The number of benzene rings is 1. The first-order valence-corrected chi connectivity index (χ1v) is 8.02. The zero-order chi connectivity index (χ0) is 13.2. The summed E-state index contributed by atoms with van der Waals surface area (Å²) >= 11 is 5.94. The van der Waals surface area contributed by atoms with E-state index < -0.39 is 9.84 Å². The molecule has 0 unspecified atom stereocenters. The van der Waals surface area contributed by atoms with Gasteiger partial charge in [-0.1, -0.05) is 11.6 Å². The number of likely N-dealkylation sites (tertiary alicyclic amines) is 1. The summed E-state index contributed by atoms with van der Waals surface area (Å²) in [6.45, 7) is 2.55. The molecule has 0 amide bonds. The van der Waals surface area contributed by atoms with E-state index in [1.54, 1.807) is 6.07 Å². The van der Waals surface area contributed by atoms with Crippen LogP contribution in [0.2, 0.25) is 5.02 Å². The number of sulfone groups is 1. The maximum atomic E-state index is 12.2. The third-order valence-electron chi connectivity index (χ3n) is 3.17. The fraction of sp³-hybridized carbons (Fsp3) is 0.500. The largest absolute Gasteiger partial charge is 0.399 e. The molecule has 2 rings (SSSR count). The third-order valence-corrected chi connectivity index (χ3v) is 5.34. The Morgan fingerprint density at radius 3 is 2.56 bits per heavy atom. The van der Waals surface area contributed by atoms with E-state index in [-0.39, 0.29) is 15.7 Å². The van der Waals surface area contributed by atoms with Gasteiger partial charge in [-0.2, -0.15) is 0 Å². The van der Waals surface area contributed by atoms with Gasteiger partial charge < -0.3 is 10.6 Å². The molecule has 0 atom stereocenters. The van der Waals surface area contributed by atoms with Crippen LogP contribution < -0.4 is 5.73 Å². The van der Waals surface area contributed by atoms with Crippen LogP contribution in [0, 0.1) is 0 Å². The zero-order valence-electron chi connectivity index (χ0n) is 10.1. The lowest BCUT2D eigenvalue weighted by molar-refractivity contribution is 0.359. The fourth-order valence-corrected chi connectivity index (χ4v) is 4.03. The van der Waals surface area contributed by atoms with Crippen LogP contribution in [0.3, 0.4) is 0 Å². The van der Waals surface area contributed by atoms with Gasteiger partial charge in [0.2, 0.25) is 0 Å². The van der Waals surface area contributed by atoms with Crippen LogP contribution in [-0.4, -0.2) is 38.7 Å². The molecule has 1 aliphatic heterocycles. The van der Waals surface area contributed by atoms with Crippen molar-refractivity contribution in [1.29, 1.82) is 0 Å². The van der Waals surface area contributed by atoms with Crippen molar-refractivity contribution in [2.24, 2.45) is 0 Å². The molecule has 1 saturated heterocycles. The molecule has 0 radical (unpaired) electrons. The van der Waals surface area contributed by atoms with Gasteiger partial charge in [0.05, 0.1) is 15.7 Å². The summed E-state index contributed by atoms with van der Waals surface area (Å²) in [6.07, 6.45) is 2.31. The molecule has 1 fully saturated rings. The van der Waals surface area contributed by atoms with Crippen LogP contribution in [0.25, 0.3) is 0 Å². The SMILES string of the molecule is Nc1ccc(S(=O)(=O)CCN2CCCC2)c(Cl)c1. The van der Waals surface area contributed by atoms with Crippen molar-refractivity contribution < 1.29 is 8.42 Å². The fourth-order valence-electron chi connectivity index (χ4n) is 2.13. The average molecular weight is 289 g/mol. The summed E-state index contributed by atoms with van der Waals surface area (Å²) in [5.74, 6) is 0.108. The molecule has 0 saturated carbocycles. The summed E-state index contributed by atoms with van der Waals surface area (Å²) in [5, 5.41) is 0.205. The van der Waals surface area contributed by atoms with Gasteiger partial charge in [-0.05, 0) is 44.1 Å². The molecule has 18 heavy (non-hydrogen) atoms. The number of anilines is 1. The molecule has 2 N–H and O–H groups in total. The highest BCUT2D eigenvalue weighted by Crippen LogP contribution is 2.24. The van der Waals surface area contributed by atoms with Crippen molar-refractivity contribution in [3.05, 3.63) is 23.2 Å². The maximum Gasteiger partial charge on any atom is 0.181 e. The average Bonchev–Trinajstić information content (AvgIpc) is 2.78. The quantitative estimate of drug-likeness (QED) is 0.858. The normalized spacial score (nSPS) is 17.2. The van der Waals surface area contributed by atoms with Crippen molar-refractivity contribution in [1.82, 2.24) is 4.90 Å². The number of nitrogen functional groups attached to an aromatic ring is 1. The van der Waals surface area contributed by atoms with Crippen LogP contribution >= 0.6 is 11.6 Å². The minimum atomic E-state index is -3.32. The predicted octanol–water partition coefficient (Wildman–Crippen LogP) is 1.79. The smallest absolute Gasteiger partial charge is 0.181 e. The lowest BCUT2D eigenvalue weighted by Gasteiger charge is -2.14. The molecule has 0 aliphatic carbocycles. The van der Waals surface area contributed by atoms with Gasteiger partial charge in [0.1, 0.15) is 0 Å². The standard InChI is InChI=1S/C12H17ClN2O2S/c13-11-9-10(14)3-4-12(11)18(16,17)8-7-15-5-1-2-6-15/h3-4,9H,1-2,5-8,14H2. The first-order chi connectivity index (χ1) is 8.49. The second kappa shape index (κ2) is 5.47. The van der Waals surface area contributed by atoms with Crippen molar-refractivity contribution in [3.63, 3.8) is 0 Å². The highest BCUT2D eigenvalue weighted by atomic mass is 35.5. The summed E-state index contributed by atoms with van der Waals surface area (Å²) in [4.78, 5) is 2.35. The van der Waals surface area contributed by atoms with Gasteiger partial charge in [0, 0.05) is 12.2 Å². The molecule has 0 bridgehead atoms. The van der Waals surface area contributed by atoms with E-state index >= 15 is 0 Å². The summed E-state index contributed by atoms with van der Waals surface area (Å²) in [6, 6.07) is 4.52. The number of nitrogens with two attached hydrogens (primary N) is 1. The van der Waals surface area contributed by atoms with Crippen molar-refractivity contribution in [2.45, 2.75) is 17.7 Å². The Balaban J connectivity index is 2.09. The Morgan fingerprint density at radius 2 is 1.94 bits per heavy atom. The minimum Gasteiger partial charge on any atom is -0.399 e. The molecule has 1 aromatic carbocycles. The van der Waals surface area contributed by atoms with E-state index in [1.165, 1.54) is 12.1 Å². The Morgan fingerprint density at radius 1 is 1.28 bits per heavy atom. The van der Waals surface area contributed by atoms with Gasteiger partial charge >= 0.3 is 0 Å². The lowest BCUT2D eigenvalue weighted by atomic mass is 10.3. The molecule has 0 spiro atoms. The first-order valence-electron chi connectivity index (χ1n) is 5.99. The van der Waals surface area contributed by atoms with E-state index in [4.69, 9.17) is 17.3 Å². The third kappa shape index (κ3) is 3.16. The number of hydrogen-bond acceptors (Lipinski definition) is 4. The van der Waals surface area contributed by atoms with Gasteiger partial charge in [-0.3, -0.25) is 0 Å². The number of rotatable bonds is 4. The Kier molecular flexibility index (Phi) is 4.14. The number of halogens is 1. The maximum absolute atomic E-state index is 12.2. The Bertz CT molecular complexity index is 525. The summed E-state index contributed by atoms with van der Waals surface area (Å²) in [7, 11) is -3.32. The van der Waals surface area contributed by atoms with E-state index in [0.717, 1.165) is 25.9 Å². The van der Waals surface area contributed by atoms with Crippen LogP contribution in [0.4, 0.5) is 5.69 Å². The molecular weight excluding hydrogens is 272 g/mol. The van der Waals surface area contributed by atoms with Crippen LogP contribution in [0.1, 0.15) is 12.8 Å². The van der Waals surface area contributed by atoms with Crippen molar-refractivity contribution in [2.75, 3.05) is 31.1 Å². The van der Waals surface area contributed by atoms with Gasteiger partial charge in [0.15, 0.2) is 9.84 Å². The van der Waals surface area contributed by atoms with Gasteiger partial charge in [-0.25, -0.2) is 8.42 Å². The van der Waals surface area contributed by atoms with Crippen LogP contribution in [0.15, 0.2) is 23.1 Å². The second-order valence-corrected chi connectivity index (χ2v) is 7.04. The molecule has 1 aromatic rings. The molecular formula is C12H17ClN2O2S. The molecule has 0 aromatic heterocycles. The van der Waals surface area contributed by atoms with Crippen LogP contribution in [0.5, 0.6) is 0 Å². The summed E-state index contributed by atoms with van der Waals surface area (Å²) < 4.78 is 24.3. The van der Waals surface area contributed by atoms with Crippen LogP contribution in [-0.2, 0) is 9.84 Å². The second-order valence-electron chi connectivity index (χ2n) is 4.56. The molecule has 1 heterocycles. The van der Waals surface area contributed by atoms with Gasteiger partial charge in [0.25, 0.3) is 0 Å². The topological polar surface area (TPSA) is 63.4 Å². The highest BCUT2D eigenvalue weighted by molar-refractivity contribution is 7.91.